The number of nitrogens with zero attached hydrogens (tertiary/aromatic N) is 3. The predicted molar refractivity (Wildman–Crippen MR) is 150 cm³/mol. The third-order valence-corrected chi connectivity index (χ3v) is 7.32. The van der Waals surface area contributed by atoms with Crippen molar-refractivity contribution in [1.29, 1.82) is 0 Å². The van der Waals surface area contributed by atoms with Crippen molar-refractivity contribution in [2.75, 3.05) is 44.0 Å². The van der Waals surface area contributed by atoms with Crippen molar-refractivity contribution in [2.24, 2.45) is 5.92 Å². The molecule has 0 radical (unpaired) electrons. The van der Waals surface area contributed by atoms with Crippen LogP contribution in [0.4, 0.5) is 11.5 Å². The highest BCUT2D eigenvalue weighted by molar-refractivity contribution is 5.94. The Bertz CT molecular complexity index is 1260. The number of anilines is 2. The molecule has 8 nitrogen and oxygen atoms in total. The third kappa shape index (κ3) is 6.61. The number of ether oxygens (including phenoxy) is 2. The molecule has 1 aromatic heterocycles. The molecule has 1 saturated carbocycles. The summed E-state index contributed by atoms with van der Waals surface area (Å²) in [5.41, 5.74) is 2.86. The highest BCUT2D eigenvalue weighted by atomic mass is 16.5. The zero-order valence-corrected chi connectivity index (χ0v) is 22.2. The molecule has 2 heterocycles. The summed E-state index contributed by atoms with van der Waals surface area (Å²) in [6.45, 7) is 4.74. The molecule has 2 N–H and O–H groups in total. The SMILES string of the molecule is CC(Nc1ncnc2cc(OCC3CC3)c(NCC=CC(=O)N(C)C3CCOCC3)cc12)c1ccccc1. The Kier molecular flexibility index (Phi) is 8.38. The fourth-order valence-electron chi connectivity index (χ4n) is 4.68. The molecule has 8 heteroatoms. The van der Waals surface area contributed by atoms with Crippen molar-refractivity contribution < 1.29 is 14.3 Å². The molecule has 1 saturated heterocycles. The molecule has 3 aromatic rings. The van der Waals surface area contributed by atoms with Crippen molar-refractivity contribution in [3.63, 3.8) is 0 Å². The lowest BCUT2D eigenvalue weighted by Crippen LogP contribution is -2.39. The highest BCUT2D eigenvalue weighted by Crippen LogP contribution is 2.36. The molecular weight excluding hydrogens is 478 g/mol. The van der Waals surface area contributed by atoms with E-state index >= 15 is 0 Å². The molecule has 5 rings (SSSR count). The fourth-order valence-corrected chi connectivity index (χ4v) is 4.68. The largest absolute Gasteiger partial charge is 0.491 e. The standard InChI is InChI=1S/C30H37N5O3/c1-21(23-7-4-3-5-8-23)34-30-25-17-27(28(38-19-22-10-11-22)18-26(25)32-20-33-30)31-14-6-9-29(36)35(2)24-12-15-37-16-13-24/h3-9,17-18,20-22,24,31H,10-16,19H2,1-2H3,(H,32,33,34). The number of benzene rings is 2. The van der Waals surface area contributed by atoms with Crippen molar-refractivity contribution >= 4 is 28.3 Å². The topological polar surface area (TPSA) is 88.6 Å². The second-order valence-electron chi connectivity index (χ2n) is 10.2. The maximum atomic E-state index is 12.7. The molecule has 1 aliphatic heterocycles. The molecular formula is C30H37N5O3. The second-order valence-corrected chi connectivity index (χ2v) is 10.2. The first kappa shape index (κ1) is 26.0. The molecule has 2 aliphatic rings. The molecule has 1 aliphatic carbocycles. The first-order valence-corrected chi connectivity index (χ1v) is 13.6. The van der Waals surface area contributed by atoms with E-state index in [9.17, 15) is 4.79 Å². The summed E-state index contributed by atoms with van der Waals surface area (Å²) >= 11 is 0. The number of likely N-dealkylation sites (N-methyl/N-ethyl adjacent to an activating group) is 1. The lowest BCUT2D eigenvalue weighted by molar-refractivity contribution is -0.128. The molecule has 2 fully saturated rings. The maximum Gasteiger partial charge on any atom is 0.246 e. The Hall–Kier alpha value is -3.65. The second kappa shape index (κ2) is 12.3. The van der Waals surface area contributed by atoms with Gasteiger partial charge in [-0.1, -0.05) is 36.4 Å². The predicted octanol–water partition coefficient (Wildman–Crippen LogP) is 5.20. The van der Waals surface area contributed by atoms with Crippen molar-refractivity contribution in [3.8, 4) is 5.75 Å². The summed E-state index contributed by atoms with van der Waals surface area (Å²) in [4.78, 5) is 23.6. The van der Waals surface area contributed by atoms with Gasteiger partial charge in [0.1, 0.15) is 17.9 Å². The van der Waals surface area contributed by atoms with Crippen LogP contribution in [0.3, 0.4) is 0 Å². The zero-order valence-electron chi connectivity index (χ0n) is 22.2. The Labute approximate surface area is 224 Å². The average molecular weight is 516 g/mol. The van der Waals surface area contributed by atoms with E-state index in [4.69, 9.17) is 9.47 Å². The normalized spacial score (nSPS) is 16.9. The molecule has 38 heavy (non-hydrogen) atoms. The van der Waals surface area contributed by atoms with E-state index < -0.39 is 0 Å². The third-order valence-electron chi connectivity index (χ3n) is 7.32. The minimum atomic E-state index is 0.0113. The smallest absolute Gasteiger partial charge is 0.246 e. The van der Waals surface area contributed by atoms with E-state index in [2.05, 4.69) is 39.7 Å². The van der Waals surface area contributed by atoms with Crippen LogP contribution in [0, 0.1) is 5.92 Å². The molecule has 1 unspecified atom stereocenters. The van der Waals surface area contributed by atoms with Gasteiger partial charge < -0.3 is 25.0 Å². The first-order valence-electron chi connectivity index (χ1n) is 13.6. The average Bonchev–Trinajstić information content (AvgIpc) is 3.79. The monoisotopic (exact) mass is 515 g/mol. The number of hydrogen-bond acceptors (Lipinski definition) is 7. The molecule has 1 amide bonds. The number of amides is 1. The quantitative estimate of drug-likeness (QED) is 0.340. The van der Waals surface area contributed by atoms with Crippen molar-refractivity contribution in [3.05, 3.63) is 66.5 Å². The van der Waals surface area contributed by atoms with Crippen LogP contribution in [0.1, 0.15) is 44.2 Å². The van der Waals surface area contributed by atoms with E-state index in [0.29, 0.717) is 32.3 Å². The lowest BCUT2D eigenvalue weighted by atomic mass is 10.1. The maximum absolute atomic E-state index is 12.7. The van der Waals surface area contributed by atoms with Crippen LogP contribution < -0.4 is 15.4 Å². The fraction of sp³-hybridized carbons (Fsp3) is 0.433. The van der Waals surface area contributed by atoms with Gasteiger partial charge in [-0.15, -0.1) is 0 Å². The van der Waals surface area contributed by atoms with Gasteiger partial charge in [-0.05, 0) is 50.2 Å². The molecule has 2 aromatic carbocycles. The van der Waals surface area contributed by atoms with Gasteiger partial charge in [-0.3, -0.25) is 4.79 Å². The zero-order chi connectivity index (χ0) is 26.3. The van der Waals surface area contributed by atoms with Crippen LogP contribution in [0.2, 0.25) is 0 Å². The van der Waals surface area contributed by atoms with E-state index in [1.54, 1.807) is 12.4 Å². The lowest BCUT2D eigenvalue weighted by Gasteiger charge is -2.30. The molecule has 1 atom stereocenters. The van der Waals surface area contributed by atoms with Crippen molar-refractivity contribution in [2.45, 2.75) is 44.7 Å². The number of nitrogens with one attached hydrogen (secondary N) is 2. The van der Waals surface area contributed by atoms with E-state index in [1.807, 2.05) is 48.4 Å². The minimum Gasteiger partial charge on any atom is -0.491 e. The molecule has 0 spiro atoms. The van der Waals surface area contributed by atoms with Gasteiger partial charge in [0, 0.05) is 56.4 Å². The Morgan fingerprint density at radius 2 is 1.95 bits per heavy atom. The van der Waals surface area contributed by atoms with Crippen LogP contribution in [-0.4, -0.2) is 60.2 Å². The summed E-state index contributed by atoms with van der Waals surface area (Å²) in [6, 6.07) is 14.6. The van der Waals surface area contributed by atoms with Gasteiger partial charge in [-0.25, -0.2) is 9.97 Å². The van der Waals surface area contributed by atoms with Gasteiger partial charge in [-0.2, -0.15) is 0 Å². The van der Waals surface area contributed by atoms with Crippen LogP contribution in [0.5, 0.6) is 5.75 Å². The minimum absolute atomic E-state index is 0.0113. The summed E-state index contributed by atoms with van der Waals surface area (Å²) in [5.74, 6) is 2.18. The van der Waals surface area contributed by atoms with Crippen molar-refractivity contribution in [1.82, 2.24) is 14.9 Å². The first-order chi connectivity index (χ1) is 18.6. The van der Waals surface area contributed by atoms with E-state index in [-0.39, 0.29) is 18.0 Å². The summed E-state index contributed by atoms with van der Waals surface area (Å²) < 4.78 is 11.6. The van der Waals surface area contributed by atoms with Crippen LogP contribution in [0.15, 0.2) is 60.9 Å². The molecule has 200 valence electrons. The van der Waals surface area contributed by atoms with Gasteiger partial charge in [0.2, 0.25) is 5.91 Å². The highest BCUT2D eigenvalue weighted by Gasteiger charge is 2.23. The molecule has 0 bridgehead atoms. The van der Waals surface area contributed by atoms with E-state index in [0.717, 1.165) is 41.0 Å². The number of aromatic nitrogens is 2. The van der Waals surface area contributed by atoms with Gasteiger partial charge in [0.05, 0.1) is 17.8 Å². The van der Waals surface area contributed by atoms with Gasteiger partial charge in [0.15, 0.2) is 0 Å². The van der Waals surface area contributed by atoms with Gasteiger partial charge in [0.25, 0.3) is 0 Å². The van der Waals surface area contributed by atoms with Crippen LogP contribution in [0.25, 0.3) is 10.9 Å². The Morgan fingerprint density at radius 1 is 1.16 bits per heavy atom. The number of carbonyl (C=O) groups is 1. The summed E-state index contributed by atoms with van der Waals surface area (Å²) in [6.07, 6.45) is 9.30. The number of rotatable bonds is 11. The van der Waals surface area contributed by atoms with Crippen LogP contribution >= 0.6 is 0 Å². The Balaban J connectivity index is 1.31. The number of fused-ring (bicyclic) bond motifs is 1. The number of carbonyl (C=O) groups excluding carboxylic acids is 1. The van der Waals surface area contributed by atoms with E-state index in [1.165, 1.54) is 18.4 Å². The number of hydrogen-bond donors (Lipinski definition) is 2. The summed E-state index contributed by atoms with van der Waals surface area (Å²) in [7, 11) is 1.87. The Morgan fingerprint density at radius 3 is 2.71 bits per heavy atom. The van der Waals surface area contributed by atoms with Crippen LogP contribution in [-0.2, 0) is 9.53 Å². The summed E-state index contributed by atoms with van der Waals surface area (Å²) in [5, 5.41) is 7.90. The van der Waals surface area contributed by atoms with Gasteiger partial charge >= 0.3 is 0 Å².